The number of hydrogen-bond donors (Lipinski definition) is 3. The second-order valence-corrected chi connectivity index (χ2v) is 12.7. The van der Waals surface area contributed by atoms with E-state index < -0.39 is 49.8 Å². The first-order valence-corrected chi connectivity index (χ1v) is 15.8. The van der Waals surface area contributed by atoms with E-state index in [1.807, 2.05) is 0 Å². The summed E-state index contributed by atoms with van der Waals surface area (Å²) in [5, 5.41) is 41.8. The molecule has 0 fully saturated rings. The highest BCUT2D eigenvalue weighted by Gasteiger charge is 2.36. The highest BCUT2D eigenvalue weighted by molar-refractivity contribution is 7.89. The number of nitrogens with zero attached hydrogens (tertiary/aromatic N) is 8. The molecule has 2 heterocycles. The smallest absolute Gasteiger partial charge is 0.294 e. The quantitative estimate of drug-likeness (QED) is 0.240. The minimum absolute atomic E-state index is 0.0737. The van der Waals surface area contributed by atoms with E-state index in [4.69, 9.17) is 9.69 Å². The largest absolute Gasteiger partial charge is 0.506 e. The summed E-state index contributed by atoms with van der Waals surface area (Å²) in [5.74, 6) is -1.54. The van der Waals surface area contributed by atoms with E-state index in [1.54, 1.807) is 38.1 Å². The number of benzene rings is 3. The lowest BCUT2D eigenvalue weighted by Crippen LogP contribution is -2.29. The molecule has 2 unspecified atom stereocenters. The molecule has 17 nitrogen and oxygen atoms in total. The monoisotopic (exact) mass is 653 g/mol. The maximum Gasteiger partial charge on any atom is 0.294 e. The zero-order valence-electron chi connectivity index (χ0n) is 23.3. The van der Waals surface area contributed by atoms with Crippen molar-refractivity contribution in [1.29, 1.82) is 0 Å². The number of rotatable bonds is 8. The van der Waals surface area contributed by atoms with E-state index in [9.17, 15) is 31.5 Å². The first kappa shape index (κ1) is 31.2. The fourth-order valence-corrected chi connectivity index (χ4v) is 5.19. The van der Waals surface area contributed by atoms with Gasteiger partial charge in [0.2, 0.25) is 10.0 Å². The first-order valence-electron chi connectivity index (χ1n) is 12.8. The summed E-state index contributed by atoms with van der Waals surface area (Å²) in [5.41, 5.74) is 1.60. The molecule has 0 bridgehead atoms. The average molecular weight is 654 g/mol. The molecular weight excluding hydrogens is 630 g/mol. The number of hydrogen-bond acceptors (Lipinski definition) is 13. The van der Waals surface area contributed by atoms with Crippen molar-refractivity contribution >= 4 is 66.1 Å². The van der Waals surface area contributed by atoms with Crippen LogP contribution < -0.4 is 15.2 Å². The number of hydrazone groups is 2. The Balaban J connectivity index is 1.25. The number of phenols is 1. The first-order chi connectivity index (χ1) is 21.1. The Morgan fingerprint density at radius 1 is 0.733 bits per heavy atom. The standard InChI is InChI=1S/C26H23N9O8S2/c1-14-23(25(37)35(32-14)18-7-9-19(10-8-18)45(41,42)43)30-28-16-3-5-17(6-4-16)34-26(38)24(15(2)33-34)31-29-21-12-11-20(13-22(21)36)44(27,39)40/h3-13,23-24,36H,1-2H3,(H2,27,39,40)(H,41,42,43). The van der Waals surface area contributed by atoms with Crippen molar-refractivity contribution in [3.8, 4) is 5.75 Å². The number of carbonyl (C=O) groups is 2. The van der Waals surface area contributed by atoms with Crippen LogP contribution in [0.15, 0.2) is 107 Å². The Morgan fingerprint density at radius 2 is 1.20 bits per heavy atom. The van der Waals surface area contributed by atoms with Gasteiger partial charge in [-0.1, -0.05) is 0 Å². The van der Waals surface area contributed by atoms with Gasteiger partial charge in [-0.25, -0.2) is 13.6 Å². The van der Waals surface area contributed by atoms with Crippen LogP contribution in [0.2, 0.25) is 0 Å². The third-order valence-corrected chi connectivity index (χ3v) is 8.29. The molecule has 232 valence electrons. The molecule has 0 radical (unpaired) electrons. The van der Waals surface area contributed by atoms with Gasteiger partial charge in [0.1, 0.15) is 11.4 Å². The molecule has 3 aromatic carbocycles. The summed E-state index contributed by atoms with van der Waals surface area (Å²) < 4.78 is 54.6. The topological polar surface area (TPSA) is 250 Å². The Hall–Kier alpha value is -5.24. The van der Waals surface area contributed by atoms with Crippen molar-refractivity contribution in [2.24, 2.45) is 35.8 Å². The van der Waals surface area contributed by atoms with E-state index in [0.29, 0.717) is 22.8 Å². The molecule has 2 aliphatic heterocycles. The number of carbonyl (C=O) groups excluding carboxylic acids is 2. The molecule has 3 aromatic rings. The van der Waals surface area contributed by atoms with Gasteiger partial charge in [-0.2, -0.15) is 49.1 Å². The number of primary sulfonamides is 1. The van der Waals surface area contributed by atoms with Crippen LogP contribution in [0.5, 0.6) is 5.75 Å². The van der Waals surface area contributed by atoms with E-state index in [1.165, 1.54) is 18.2 Å². The molecule has 0 aromatic heterocycles. The minimum atomic E-state index is -4.39. The fraction of sp³-hybridized carbons (Fsp3) is 0.154. The number of nitrogens with two attached hydrogens (primary N) is 1. The van der Waals surface area contributed by atoms with Gasteiger partial charge in [-0.15, -0.1) is 0 Å². The second kappa shape index (κ2) is 11.7. The van der Waals surface area contributed by atoms with Crippen LogP contribution in [0.4, 0.5) is 22.7 Å². The summed E-state index contributed by atoms with van der Waals surface area (Å²) in [6, 6.07) is 12.3. The summed E-state index contributed by atoms with van der Waals surface area (Å²) in [4.78, 5) is 25.3. The summed E-state index contributed by atoms with van der Waals surface area (Å²) in [7, 11) is -8.42. The Kier molecular flexibility index (Phi) is 8.10. The SMILES string of the molecule is CC1=NN(c2ccc(S(=O)(=O)O)cc2)C(=O)C1N=Nc1ccc(N2N=C(C)C(N=Nc3ccc(S(N)(=O)=O)cc3O)C2=O)cc1. The molecule has 0 spiro atoms. The highest BCUT2D eigenvalue weighted by atomic mass is 32.2. The average Bonchev–Trinajstić information content (AvgIpc) is 3.43. The van der Waals surface area contributed by atoms with E-state index in [-0.39, 0.29) is 21.2 Å². The number of phenolic OH excluding ortho intramolecular Hbond substituents is 1. The Bertz CT molecular complexity index is 2040. The van der Waals surface area contributed by atoms with Crippen molar-refractivity contribution in [3.63, 3.8) is 0 Å². The molecule has 0 saturated heterocycles. The number of anilines is 2. The number of aromatic hydroxyl groups is 1. The molecule has 4 N–H and O–H groups in total. The van der Waals surface area contributed by atoms with Crippen molar-refractivity contribution in [2.45, 2.75) is 35.7 Å². The van der Waals surface area contributed by atoms with Crippen LogP contribution in [-0.2, 0) is 29.7 Å². The van der Waals surface area contributed by atoms with Gasteiger partial charge in [0.25, 0.3) is 21.9 Å². The zero-order valence-corrected chi connectivity index (χ0v) is 25.0. The lowest BCUT2D eigenvalue weighted by Gasteiger charge is -2.13. The lowest BCUT2D eigenvalue weighted by atomic mass is 10.2. The van der Waals surface area contributed by atoms with Crippen molar-refractivity contribution in [3.05, 3.63) is 66.7 Å². The van der Waals surface area contributed by atoms with E-state index in [2.05, 4.69) is 30.7 Å². The molecule has 0 saturated carbocycles. The van der Waals surface area contributed by atoms with Crippen LogP contribution in [0.25, 0.3) is 0 Å². The van der Waals surface area contributed by atoms with Gasteiger partial charge in [0.05, 0.1) is 38.3 Å². The normalized spacial score (nSPS) is 19.2. The molecule has 19 heteroatoms. The van der Waals surface area contributed by atoms with Gasteiger partial charge < -0.3 is 5.11 Å². The van der Waals surface area contributed by atoms with Crippen LogP contribution in [0.1, 0.15) is 13.8 Å². The van der Waals surface area contributed by atoms with Gasteiger partial charge >= 0.3 is 0 Å². The summed E-state index contributed by atoms with van der Waals surface area (Å²) >= 11 is 0. The number of sulfonamides is 1. The maximum atomic E-state index is 13.0. The van der Waals surface area contributed by atoms with E-state index in [0.717, 1.165) is 34.3 Å². The number of azo groups is 2. The molecule has 5 rings (SSSR count). The predicted molar refractivity (Wildman–Crippen MR) is 160 cm³/mol. The molecular formula is C26H23N9O8S2. The van der Waals surface area contributed by atoms with Gasteiger partial charge in [0.15, 0.2) is 12.1 Å². The molecule has 2 amide bonds. The van der Waals surface area contributed by atoms with Crippen molar-refractivity contribution in [2.75, 3.05) is 10.0 Å². The Morgan fingerprint density at radius 3 is 1.67 bits per heavy atom. The molecule has 0 aliphatic carbocycles. The minimum Gasteiger partial charge on any atom is -0.506 e. The fourth-order valence-electron chi connectivity index (χ4n) is 4.18. The van der Waals surface area contributed by atoms with Crippen molar-refractivity contribution < 1.29 is 36.1 Å². The van der Waals surface area contributed by atoms with Gasteiger partial charge in [-0.05, 0) is 74.5 Å². The lowest BCUT2D eigenvalue weighted by molar-refractivity contribution is -0.118. The van der Waals surface area contributed by atoms with Crippen LogP contribution in [0.3, 0.4) is 0 Å². The summed E-state index contributed by atoms with van der Waals surface area (Å²) in [6.07, 6.45) is 0. The van der Waals surface area contributed by atoms with Gasteiger partial charge in [0, 0.05) is 6.07 Å². The highest BCUT2D eigenvalue weighted by Crippen LogP contribution is 2.31. The van der Waals surface area contributed by atoms with Crippen LogP contribution >= 0.6 is 0 Å². The third kappa shape index (κ3) is 6.50. The maximum absolute atomic E-state index is 13.0. The zero-order chi connectivity index (χ0) is 32.7. The predicted octanol–water partition coefficient (Wildman–Crippen LogP) is 3.04. The molecule has 2 aliphatic rings. The van der Waals surface area contributed by atoms with E-state index >= 15 is 0 Å². The second-order valence-electron chi connectivity index (χ2n) is 9.70. The van der Waals surface area contributed by atoms with Crippen molar-refractivity contribution in [1.82, 2.24) is 0 Å². The molecule has 45 heavy (non-hydrogen) atoms. The molecule has 2 atom stereocenters. The van der Waals surface area contributed by atoms with Gasteiger partial charge in [-0.3, -0.25) is 14.1 Å². The number of amides is 2. The van der Waals surface area contributed by atoms with Crippen LogP contribution in [-0.4, -0.2) is 61.8 Å². The van der Waals surface area contributed by atoms with Crippen LogP contribution in [0, 0.1) is 0 Å². The summed E-state index contributed by atoms with van der Waals surface area (Å²) in [6.45, 7) is 3.16. The third-order valence-electron chi connectivity index (χ3n) is 6.51. The Labute approximate surface area is 255 Å².